The molecule has 0 bridgehead atoms. The summed E-state index contributed by atoms with van der Waals surface area (Å²) in [6, 6.07) is 7.96. The van der Waals surface area contributed by atoms with Crippen molar-refractivity contribution < 1.29 is 167 Å². The number of nitrogens with one attached hydrogen (secondary N) is 6. The van der Waals surface area contributed by atoms with Gasteiger partial charge in [-0.15, -0.1) is 0 Å². The number of ether oxygens (including phenoxy) is 18. The number of aromatic carboxylic acids is 1. The Morgan fingerprint density at radius 2 is 0.535 bits per heavy atom. The van der Waals surface area contributed by atoms with Crippen molar-refractivity contribution in [1.82, 2.24) is 31.9 Å². The van der Waals surface area contributed by atoms with Crippen molar-refractivity contribution in [2.45, 2.75) is 214 Å². The lowest BCUT2D eigenvalue weighted by Crippen LogP contribution is -2.61. The van der Waals surface area contributed by atoms with Crippen molar-refractivity contribution in [1.29, 1.82) is 0 Å². The van der Waals surface area contributed by atoms with E-state index in [9.17, 15) is 81.8 Å². The minimum absolute atomic E-state index is 0.0298. The molecule has 0 aromatic heterocycles. The Morgan fingerprint density at radius 3 is 0.789 bits per heavy atom. The third kappa shape index (κ3) is 33.4. The number of carboxylic acid groups (broad SMARTS) is 1. The first-order valence-electron chi connectivity index (χ1n) is 36.4. The van der Waals surface area contributed by atoms with Crippen LogP contribution < -0.4 is 46.1 Å². The van der Waals surface area contributed by atoms with Crippen LogP contribution in [-0.4, -0.2) is 271 Å². The van der Waals surface area contributed by atoms with Crippen molar-refractivity contribution in [3.63, 3.8) is 0 Å². The molecule has 7 N–H and O–H groups in total. The monoisotopic (exact) mass is 1620 g/mol. The fraction of sp³-hybridized carbons (Fsp3) is 0.616. The molecule has 3 aliphatic rings. The van der Waals surface area contributed by atoms with Crippen LogP contribution in [0.4, 0.5) is 0 Å². The predicted octanol–water partition coefficient (Wildman–Crippen LogP) is -0.105. The van der Waals surface area contributed by atoms with E-state index in [0.717, 1.165) is 68.4 Å². The summed E-state index contributed by atoms with van der Waals surface area (Å²) in [4.78, 5) is 198. The fourth-order valence-electron chi connectivity index (χ4n) is 11.6. The molecule has 15 atom stereocenters. The standard InChI is InChI=1S/C73H100N6O35/c1-37-61(106-40(4)80)64(109-43(7)83)67(112-46(10)86)71(103-37)97-25-13-16-55(89)74-19-22-77-58(92)34-100-52-29-49(28-51(32-52)70(95)96)50-30-53(101-35-59(93)78-23-20-75-56(90)17-14-26-98-72-68(113-47(11)87)65(110-44(8)84)62(38(2)104-72)107-41(5)81)33-54(31-50)102-36-60(94)79-24-21-76-57(91)18-15-27-99-73-69(114-48(12)88)66(111-45(9)85)63(39(3)105-73)108-42(6)82/h28-33,37-39,61-69,71-73H,13-27,34-36H2,1-12H3,(H,74,89)(H,75,90)(H,76,91)(H,77,92)(H,78,93)(H,79,94)(H,95,96). The van der Waals surface area contributed by atoms with Crippen LogP contribution in [0.1, 0.15) is 132 Å². The van der Waals surface area contributed by atoms with Crippen molar-refractivity contribution >= 4 is 95.1 Å². The summed E-state index contributed by atoms with van der Waals surface area (Å²) in [5.74, 6) is -11.6. The average molecular weight is 1620 g/mol. The maximum Gasteiger partial charge on any atom is 0.335 e. The largest absolute Gasteiger partial charge is 0.484 e. The topological polar surface area (TPSA) is 532 Å². The summed E-state index contributed by atoms with van der Waals surface area (Å²) in [7, 11) is 0. The summed E-state index contributed by atoms with van der Waals surface area (Å²) < 4.78 is 101. The van der Waals surface area contributed by atoms with E-state index in [1.54, 1.807) is 0 Å². The molecule has 114 heavy (non-hydrogen) atoms. The van der Waals surface area contributed by atoms with Crippen LogP contribution in [0.25, 0.3) is 11.1 Å². The highest BCUT2D eigenvalue weighted by molar-refractivity contribution is 5.91. The normalized spacial score (nSPS) is 22.8. The molecule has 2 aromatic rings. The van der Waals surface area contributed by atoms with Gasteiger partial charge in [-0.3, -0.25) is 71.9 Å². The molecular formula is C73H100N6O35. The van der Waals surface area contributed by atoms with Crippen LogP contribution in [0.15, 0.2) is 36.4 Å². The minimum Gasteiger partial charge on any atom is -0.484 e. The molecule has 632 valence electrons. The van der Waals surface area contributed by atoms with Crippen LogP contribution in [0.5, 0.6) is 17.2 Å². The number of hydrogen-bond donors (Lipinski definition) is 7. The van der Waals surface area contributed by atoms with Crippen LogP contribution in [0, 0.1) is 0 Å². The zero-order valence-electron chi connectivity index (χ0n) is 65.2. The zero-order chi connectivity index (χ0) is 84.3. The molecule has 3 aliphatic heterocycles. The van der Waals surface area contributed by atoms with E-state index in [2.05, 4.69) is 31.9 Å². The summed E-state index contributed by atoms with van der Waals surface area (Å²) in [5, 5.41) is 25.9. The molecule has 0 radical (unpaired) electrons. The smallest absolute Gasteiger partial charge is 0.335 e. The number of carbonyl (C=O) groups is 16. The van der Waals surface area contributed by atoms with Gasteiger partial charge in [0.15, 0.2) is 93.6 Å². The molecule has 0 spiro atoms. The van der Waals surface area contributed by atoms with Crippen LogP contribution in [0.2, 0.25) is 0 Å². The number of carboxylic acids is 1. The second-order valence-corrected chi connectivity index (χ2v) is 25.9. The van der Waals surface area contributed by atoms with E-state index in [4.69, 9.17) is 85.3 Å². The first kappa shape index (κ1) is 93.7. The summed E-state index contributed by atoms with van der Waals surface area (Å²) in [6.45, 7) is 12.2. The Labute approximate surface area is 654 Å². The molecule has 5 rings (SSSR count). The van der Waals surface area contributed by atoms with Gasteiger partial charge < -0.3 is 122 Å². The van der Waals surface area contributed by atoms with Crippen LogP contribution >= 0.6 is 0 Å². The summed E-state index contributed by atoms with van der Waals surface area (Å²) in [6.07, 6.45) is -17.6. The van der Waals surface area contributed by atoms with Gasteiger partial charge in [-0.05, 0) is 81.5 Å². The van der Waals surface area contributed by atoms with E-state index in [1.807, 2.05) is 0 Å². The van der Waals surface area contributed by atoms with Gasteiger partial charge in [-0.2, -0.15) is 0 Å². The average Bonchev–Trinajstić information content (AvgIpc) is 0.796. The van der Waals surface area contributed by atoms with Crippen molar-refractivity contribution in [2.75, 3.05) is 78.9 Å². The molecule has 15 unspecified atom stereocenters. The van der Waals surface area contributed by atoms with Gasteiger partial charge in [0.1, 0.15) is 17.2 Å². The third-order valence-electron chi connectivity index (χ3n) is 16.2. The lowest BCUT2D eigenvalue weighted by molar-refractivity contribution is -0.300. The molecule has 41 nitrogen and oxygen atoms in total. The molecule has 3 saturated heterocycles. The lowest BCUT2D eigenvalue weighted by atomic mass is 9.99. The van der Waals surface area contributed by atoms with Crippen LogP contribution in [0.3, 0.4) is 0 Å². The Kier molecular flexibility index (Phi) is 39.1. The van der Waals surface area contributed by atoms with Crippen molar-refractivity contribution in [2.24, 2.45) is 0 Å². The summed E-state index contributed by atoms with van der Waals surface area (Å²) >= 11 is 0. The second kappa shape index (κ2) is 47.6. The molecule has 0 saturated carbocycles. The molecule has 2 aromatic carbocycles. The number of amides is 6. The lowest BCUT2D eigenvalue weighted by Gasteiger charge is -2.43. The number of benzene rings is 2. The molecule has 6 amide bonds. The maximum absolute atomic E-state index is 13.2. The predicted molar refractivity (Wildman–Crippen MR) is 382 cm³/mol. The van der Waals surface area contributed by atoms with Crippen molar-refractivity contribution in [3.8, 4) is 28.4 Å². The summed E-state index contributed by atoms with van der Waals surface area (Å²) in [5.41, 5.74) is 0.0555. The van der Waals surface area contributed by atoms with E-state index < -0.39 is 207 Å². The molecule has 3 heterocycles. The van der Waals surface area contributed by atoms with Gasteiger partial charge in [0.2, 0.25) is 17.7 Å². The van der Waals surface area contributed by atoms with Crippen LogP contribution in [-0.2, 0) is 143 Å². The van der Waals surface area contributed by atoms with Gasteiger partial charge in [-0.1, -0.05) is 0 Å². The van der Waals surface area contributed by atoms with E-state index in [1.165, 1.54) is 51.1 Å². The molecule has 0 aliphatic carbocycles. The van der Waals surface area contributed by atoms with Gasteiger partial charge in [0.25, 0.3) is 17.7 Å². The van der Waals surface area contributed by atoms with E-state index in [-0.39, 0.29) is 132 Å². The van der Waals surface area contributed by atoms with E-state index >= 15 is 0 Å². The third-order valence-corrected chi connectivity index (χ3v) is 16.2. The van der Waals surface area contributed by atoms with E-state index in [0.29, 0.717) is 0 Å². The quantitative estimate of drug-likeness (QED) is 0.0259. The Balaban J connectivity index is 1.16. The SMILES string of the molecule is CC(=O)OC1C(C)OC(OCCCC(=O)NCCNC(=O)COc2cc(OCC(=O)NCCNC(=O)CCCOC3OC(C)C(OC(C)=O)C(OC(C)=O)C3OC(C)=O)cc(-c3cc(OCC(=O)NCCNC(=O)CCCOC4OC(C)C(OC(C)=O)C(OC(C)=O)C4OC(C)=O)cc(C(=O)O)c3)c2)C(OC(C)=O)C1OC(C)=O. The number of hydrogen-bond acceptors (Lipinski definition) is 34. The Morgan fingerprint density at radius 1 is 0.307 bits per heavy atom. The minimum atomic E-state index is -1.40. The van der Waals surface area contributed by atoms with Gasteiger partial charge in [0, 0.05) is 127 Å². The number of rotatable bonds is 44. The maximum atomic E-state index is 13.2. The molecule has 3 fully saturated rings. The van der Waals surface area contributed by atoms with Gasteiger partial charge in [-0.25, -0.2) is 4.79 Å². The highest BCUT2D eigenvalue weighted by atomic mass is 16.8. The fourth-order valence-corrected chi connectivity index (χ4v) is 11.6. The molecular weight excluding hydrogens is 1520 g/mol. The second-order valence-electron chi connectivity index (χ2n) is 25.9. The number of esters is 9. The Bertz CT molecular complexity index is 3550. The highest BCUT2D eigenvalue weighted by Crippen LogP contribution is 2.36. The van der Waals surface area contributed by atoms with Gasteiger partial charge in [0.05, 0.1) is 43.7 Å². The first-order chi connectivity index (χ1) is 54.0. The van der Waals surface area contributed by atoms with Gasteiger partial charge >= 0.3 is 59.7 Å². The Hall–Kier alpha value is -10.9. The highest BCUT2D eigenvalue weighted by Gasteiger charge is 2.54. The molecule has 41 heteroatoms. The first-order valence-corrected chi connectivity index (χ1v) is 36.4. The van der Waals surface area contributed by atoms with Crippen molar-refractivity contribution in [3.05, 3.63) is 42.0 Å². The number of carbonyl (C=O) groups excluding carboxylic acids is 15. The zero-order valence-corrected chi connectivity index (χ0v) is 65.2.